The van der Waals surface area contributed by atoms with Crippen LogP contribution < -0.4 is 5.73 Å². The van der Waals surface area contributed by atoms with E-state index in [4.69, 9.17) is 10.5 Å². The summed E-state index contributed by atoms with van der Waals surface area (Å²) >= 11 is 0. The number of Topliss-reactive ketones (excluding diaryl/α,β-unsaturated/α-hetero) is 2. The number of fused-ring (bicyclic) bond motifs is 3. The summed E-state index contributed by atoms with van der Waals surface area (Å²) in [6.45, 7) is 2.79. The maximum atomic E-state index is 13.6. The molecular weight excluding hydrogens is 460 g/mol. The zero-order valence-electron chi connectivity index (χ0n) is 19.5. The molecule has 1 amide bonds. The van der Waals surface area contributed by atoms with Crippen LogP contribution in [0.3, 0.4) is 0 Å². The number of aliphatic hydroxyl groups excluding tert-OH is 2. The van der Waals surface area contributed by atoms with Gasteiger partial charge in [-0.15, -0.1) is 0 Å². The maximum Gasteiger partial charge on any atom is 0.302 e. The molecule has 4 rings (SSSR count). The van der Waals surface area contributed by atoms with Gasteiger partial charge in [-0.05, 0) is 31.6 Å². The molecule has 0 saturated carbocycles. The quantitative estimate of drug-likeness (QED) is 0.292. The number of phenols is 1. The molecule has 35 heavy (non-hydrogen) atoms. The lowest BCUT2D eigenvalue weighted by Crippen LogP contribution is -2.69. The van der Waals surface area contributed by atoms with Gasteiger partial charge in [0.05, 0.1) is 17.5 Å². The Morgan fingerprint density at radius 2 is 1.77 bits per heavy atom. The van der Waals surface area contributed by atoms with E-state index in [0.29, 0.717) is 5.56 Å². The van der Waals surface area contributed by atoms with Gasteiger partial charge in [0.1, 0.15) is 28.9 Å². The normalized spacial score (nSPS) is 32.2. The van der Waals surface area contributed by atoms with Gasteiger partial charge in [0, 0.05) is 18.4 Å². The van der Waals surface area contributed by atoms with Gasteiger partial charge in [-0.1, -0.05) is 19.1 Å². The lowest BCUT2D eigenvalue weighted by atomic mass is 9.55. The van der Waals surface area contributed by atoms with Gasteiger partial charge in [0.25, 0.3) is 5.91 Å². The largest absolute Gasteiger partial charge is 0.510 e. The number of ether oxygens (including phenoxy) is 1. The summed E-state index contributed by atoms with van der Waals surface area (Å²) in [4.78, 5) is 52.7. The number of hydrogen-bond acceptors (Lipinski definition) is 10. The topological polar surface area (TPSA) is 188 Å². The fraction of sp³-hybridized carbons (Fsp3) is 0.417. The van der Waals surface area contributed by atoms with Crippen LogP contribution in [0.1, 0.15) is 35.7 Å². The minimum Gasteiger partial charge on any atom is -0.510 e. The minimum absolute atomic E-state index is 0.123. The molecule has 0 bridgehead atoms. The molecule has 0 heterocycles. The average Bonchev–Trinajstić information content (AvgIpc) is 2.75. The highest BCUT2D eigenvalue weighted by Crippen LogP contribution is 2.56. The fourth-order valence-electron chi connectivity index (χ4n) is 5.89. The summed E-state index contributed by atoms with van der Waals surface area (Å²) in [6, 6.07) is 3.12. The first kappa shape index (κ1) is 24.4. The molecule has 3 aliphatic carbocycles. The molecule has 6 atom stereocenters. The van der Waals surface area contributed by atoms with Crippen molar-refractivity contribution < 1.29 is 44.3 Å². The number of ketones is 2. The molecule has 1 aromatic carbocycles. The molecule has 1 aromatic rings. The standard InChI is InChI=1S/C24H26N2O9/c1-8-10-6-5-7-11(28)13(10)18(29)14-12(8)20(35-9(2)27)16-17(26(3)4)19(30)15(23(25)33)22(32)24(16,34)21(14)31/h5-8,12,16-17,20,28,30-31,34H,1-4H3,(H2,25,33)/t8-,12+,16+,17-,20-,24-/m1/s1. The number of nitrogens with zero attached hydrogens (tertiary/aromatic N) is 1. The Morgan fingerprint density at radius 1 is 1.14 bits per heavy atom. The highest BCUT2D eigenvalue weighted by atomic mass is 16.5. The van der Waals surface area contributed by atoms with Crippen LogP contribution in [0.5, 0.6) is 5.75 Å². The Labute approximate surface area is 200 Å². The van der Waals surface area contributed by atoms with E-state index in [1.807, 2.05) is 0 Å². The number of nitrogens with two attached hydrogens (primary N) is 1. The Bertz CT molecular complexity index is 1250. The first-order valence-corrected chi connectivity index (χ1v) is 10.9. The third kappa shape index (κ3) is 3.11. The molecule has 0 unspecified atom stereocenters. The molecule has 0 fully saturated rings. The second-order valence-corrected chi connectivity index (χ2v) is 9.38. The van der Waals surface area contributed by atoms with E-state index in [1.165, 1.54) is 31.1 Å². The van der Waals surface area contributed by atoms with E-state index in [2.05, 4.69) is 0 Å². The molecule has 0 aromatic heterocycles. The van der Waals surface area contributed by atoms with Crippen molar-refractivity contribution in [3.8, 4) is 5.75 Å². The van der Waals surface area contributed by atoms with Crippen molar-refractivity contribution in [3.63, 3.8) is 0 Å². The van der Waals surface area contributed by atoms with Crippen LogP contribution in [-0.4, -0.2) is 80.6 Å². The first-order valence-electron chi connectivity index (χ1n) is 10.9. The van der Waals surface area contributed by atoms with Gasteiger partial charge < -0.3 is 30.9 Å². The number of carbonyl (C=O) groups is 4. The highest BCUT2D eigenvalue weighted by molar-refractivity contribution is 6.25. The molecule has 11 nitrogen and oxygen atoms in total. The number of rotatable bonds is 3. The van der Waals surface area contributed by atoms with Crippen LogP contribution in [0.15, 0.2) is 40.9 Å². The van der Waals surface area contributed by atoms with E-state index in [-0.39, 0.29) is 11.3 Å². The number of carbonyl (C=O) groups excluding carboxylic acids is 4. The summed E-state index contributed by atoms with van der Waals surface area (Å²) in [5, 5.41) is 44.5. The fourth-order valence-corrected chi connectivity index (χ4v) is 5.89. The van der Waals surface area contributed by atoms with E-state index in [1.54, 1.807) is 13.0 Å². The van der Waals surface area contributed by atoms with Crippen molar-refractivity contribution in [1.82, 2.24) is 4.90 Å². The van der Waals surface area contributed by atoms with E-state index >= 15 is 0 Å². The van der Waals surface area contributed by atoms with Crippen molar-refractivity contribution in [1.29, 1.82) is 0 Å². The Morgan fingerprint density at radius 3 is 2.31 bits per heavy atom. The van der Waals surface area contributed by atoms with Crippen molar-refractivity contribution in [2.24, 2.45) is 17.6 Å². The highest BCUT2D eigenvalue weighted by Gasteiger charge is 2.68. The van der Waals surface area contributed by atoms with E-state index < -0.39 is 81.6 Å². The number of phenolic OH excluding ortho intramolecular Hbond substituents is 1. The summed E-state index contributed by atoms with van der Waals surface area (Å²) in [5.74, 6) is -9.78. The van der Waals surface area contributed by atoms with Gasteiger partial charge in [-0.3, -0.25) is 24.1 Å². The van der Waals surface area contributed by atoms with Crippen molar-refractivity contribution in [2.75, 3.05) is 14.1 Å². The molecular formula is C24H26N2O9. The maximum absolute atomic E-state index is 13.6. The summed E-state index contributed by atoms with van der Waals surface area (Å²) < 4.78 is 5.59. The Kier molecular flexibility index (Phi) is 5.53. The van der Waals surface area contributed by atoms with Gasteiger partial charge in [-0.25, -0.2) is 0 Å². The zero-order valence-corrected chi connectivity index (χ0v) is 19.5. The third-order valence-corrected chi connectivity index (χ3v) is 7.27. The summed E-state index contributed by atoms with van der Waals surface area (Å²) in [7, 11) is 2.97. The number of benzene rings is 1. The summed E-state index contributed by atoms with van der Waals surface area (Å²) in [6.07, 6.45) is -1.40. The number of esters is 1. The number of aliphatic hydroxyl groups is 3. The summed E-state index contributed by atoms with van der Waals surface area (Å²) in [5.41, 5.74) is 1.32. The van der Waals surface area contributed by atoms with Crippen LogP contribution in [-0.2, 0) is 19.1 Å². The van der Waals surface area contributed by atoms with Crippen LogP contribution >= 0.6 is 0 Å². The monoisotopic (exact) mass is 486 g/mol. The molecule has 11 heteroatoms. The lowest BCUT2D eigenvalue weighted by Gasteiger charge is -2.54. The molecule has 0 aliphatic heterocycles. The molecule has 0 spiro atoms. The first-order chi connectivity index (χ1) is 16.3. The van der Waals surface area contributed by atoms with E-state index in [9.17, 15) is 39.6 Å². The van der Waals surface area contributed by atoms with E-state index in [0.717, 1.165) is 6.92 Å². The number of aromatic hydroxyl groups is 1. The lowest BCUT2D eigenvalue weighted by molar-refractivity contribution is -0.179. The van der Waals surface area contributed by atoms with Gasteiger partial charge in [0.15, 0.2) is 11.4 Å². The van der Waals surface area contributed by atoms with Crippen LogP contribution in [0.2, 0.25) is 0 Å². The SMILES string of the molecule is CC(=O)O[C@@H]1[C@@H]2C(=C(O)[C@@]3(O)C(=O)C(C(N)=O)=C(O)[C@H](N(C)C)[C@@H]13)C(=O)c1c(O)cccc1[C@H]2C. The van der Waals surface area contributed by atoms with Crippen LogP contribution in [0.4, 0.5) is 0 Å². The predicted octanol–water partition coefficient (Wildman–Crippen LogP) is 0.223. The second kappa shape index (κ2) is 7.92. The Hall–Kier alpha value is -3.70. The third-order valence-electron chi connectivity index (χ3n) is 7.27. The molecule has 0 radical (unpaired) electrons. The number of primary amides is 1. The van der Waals surface area contributed by atoms with Crippen molar-refractivity contribution >= 4 is 23.4 Å². The molecule has 3 aliphatic rings. The second-order valence-electron chi connectivity index (χ2n) is 9.38. The van der Waals surface area contributed by atoms with Crippen molar-refractivity contribution in [3.05, 3.63) is 52.0 Å². The van der Waals surface area contributed by atoms with Crippen LogP contribution in [0, 0.1) is 11.8 Å². The molecule has 0 saturated heterocycles. The Balaban J connectivity index is 2.11. The molecule has 186 valence electrons. The average molecular weight is 486 g/mol. The van der Waals surface area contributed by atoms with Crippen molar-refractivity contribution in [2.45, 2.75) is 37.5 Å². The zero-order chi connectivity index (χ0) is 26.1. The number of likely N-dealkylation sites (N-methyl/N-ethyl adjacent to an activating group) is 1. The van der Waals surface area contributed by atoms with Crippen LogP contribution in [0.25, 0.3) is 0 Å². The minimum atomic E-state index is -2.94. The van der Waals surface area contributed by atoms with Gasteiger partial charge >= 0.3 is 5.97 Å². The molecule has 6 N–H and O–H groups in total. The van der Waals surface area contributed by atoms with Gasteiger partial charge in [-0.2, -0.15) is 0 Å². The smallest absolute Gasteiger partial charge is 0.302 e. The number of amides is 1. The number of hydrogen-bond donors (Lipinski definition) is 5. The van der Waals surface area contributed by atoms with Gasteiger partial charge in [0.2, 0.25) is 5.78 Å². The predicted molar refractivity (Wildman–Crippen MR) is 119 cm³/mol.